The van der Waals surface area contributed by atoms with Gasteiger partial charge in [-0.3, -0.25) is 20.3 Å². The van der Waals surface area contributed by atoms with E-state index >= 15 is 0 Å². The first kappa shape index (κ1) is 18.4. The number of hydrazone groups is 2. The molecule has 0 aliphatic carbocycles. The Morgan fingerprint density at radius 3 is 2.52 bits per heavy atom. The summed E-state index contributed by atoms with van der Waals surface area (Å²) in [5.74, 6) is -0.629. The first-order valence-corrected chi connectivity index (χ1v) is 8.23. The van der Waals surface area contributed by atoms with Gasteiger partial charge in [0.15, 0.2) is 10.8 Å². The highest BCUT2D eigenvalue weighted by molar-refractivity contribution is 7.80. The number of halogens is 1. The topological polar surface area (TPSA) is 126 Å². The lowest BCUT2D eigenvalue weighted by Gasteiger charge is -2.07. The highest BCUT2D eigenvalue weighted by atomic mass is 35.5. The van der Waals surface area contributed by atoms with E-state index in [1.165, 1.54) is 24.3 Å². The quantitative estimate of drug-likeness (QED) is 0.459. The Morgan fingerprint density at radius 2 is 1.93 bits per heavy atom. The van der Waals surface area contributed by atoms with Crippen molar-refractivity contribution in [2.24, 2.45) is 15.9 Å². The summed E-state index contributed by atoms with van der Waals surface area (Å²) < 4.78 is 0. The van der Waals surface area contributed by atoms with E-state index in [1.54, 1.807) is 24.3 Å². The summed E-state index contributed by atoms with van der Waals surface area (Å²) in [7, 11) is 0. The summed E-state index contributed by atoms with van der Waals surface area (Å²) >= 11 is 10.9. The third kappa shape index (κ3) is 3.76. The predicted octanol–water partition coefficient (Wildman–Crippen LogP) is 2.51. The Labute approximate surface area is 163 Å². The molecular formula is C16H11ClN6O3S. The Bertz CT molecular complexity index is 1010. The van der Waals surface area contributed by atoms with Crippen LogP contribution in [0.15, 0.2) is 58.7 Å². The zero-order valence-electron chi connectivity index (χ0n) is 13.5. The van der Waals surface area contributed by atoms with E-state index in [2.05, 4.69) is 15.6 Å². The van der Waals surface area contributed by atoms with Crippen LogP contribution in [-0.2, 0) is 4.79 Å². The summed E-state index contributed by atoms with van der Waals surface area (Å²) in [5.41, 5.74) is 9.17. The van der Waals surface area contributed by atoms with Crippen LogP contribution in [0, 0.1) is 10.1 Å². The molecule has 136 valence electrons. The number of anilines is 1. The van der Waals surface area contributed by atoms with Crippen molar-refractivity contribution in [1.82, 2.24) is 5.01 Å². The fraction of sp³-hybridized carbons (Fsp3) is 0. The molecule has 0 fully saturated rings. The molecule has 0 saturated heterocycles. The van der Waals surface area contributed by atoms with Crippen molar-refractivity contribution in [1.29, 1.82) is 0 Å². The summed E-state index contributed by atoms with van der Waals surface area (Å²) in [6, 6.07) is 12.3. The van der Waals surface area contributed by atoms with Crippen LogP contribution in [0.4, 0.5) is 11.4 Å². The number of thiocarbonyl (C=S) groups is 1. The number of carbonyl (C=O) groups is 1. The number of benzene rings is 2. The highest BCUT2D eigenvalue weighted by Gasteiger charge is 2.35. The third-order valence-electron chi connectivity index (χ3n) is 3.54. The maximum Gasteiger partial charge on any atom is 0.303 e. The molecule has 2 aromatic rings. The minimum absolute atomic E-state index is 0.0587. The van der Waals surface area contributed by atoms with Crippen molar-refractivity contribution in [2.75, 3.05) is 5.43 Å². The Kier molecular flexibility index (Phi) is 5.10. The molecule has 2 aromatic carbocycles. The fourth-order valence-corrected chi connectivity index (χ4v) is 2.55. The maximum atomic E-state index is 12.5. The molecule has 27 heavy (non-hydrogen) atoms. The SMILES string of the molecule is NC(=S)N1N=C(c2ccc([N+](=O)[O-])cc2)/C(=N\Nc2ccccc2Cl)C1=O. The largest absolute Gasteiger partial charge is 0.374 e. The van der Waals surface area contributed by atoms with Crippen LogP contribution in [0.2, 0.25) is 5.02 Å². The van der Waals surface area contributed by atoms with Gasteiger partial charge in [0.05, 0.1) is 15.6 Å². The molecule has 3 rings (SSSR count). The lowest BCUT2D eigenvalue weighted by atomic mass is 10.1. The summed E-state index contributed by atoms with van der Waals surface area (Å²) in [4.78, 5) is 22.8. The lowest BCUT2D eigenvalue weighted by molar-refractivity contribution is -0.384. The second-order valence-electron chi connectivity index (χ2n) is 5.26. The molecule has 9 nitrogen and oxygen atoms in total. The minimum Gasteiger partial charge on any atom is -0.374 e. The number of nitro groups is 1. The third-order valence-corrected chi connectivity index (χ3v) is 4.04. The van der Waals surface area contributed by atoms with Crippen LogP contribution in [0.1, 0.15) is 5.56 Å². The van der Waals surface area contributed by atoms with Crippen LogP contribution in [-0.4, -0.2) is 32.4 Å². The number of rotatable bonds is 4. The van der Waals surface area contributed by atoms with Crippen LogP contribution in [0.25, 0.3) is 0 Å². The summed E-state index contributed by atoms with van der Waals surface area (Å²) in [6.07, 6.45) is 0. The number of nitrogens with one attached hydrogen (secondary N) is 1. The van der Waals surface area contributed by atoms with E-state index < -0.39 is 10.8 Å². The van der Waals surface area contributed by atoms with Gasteiger partial charge >= 0.3 is 5.91 Å². The molecule has 3 N–H and O–H groups in total. The number of hydrogen-bond acceptors (Lipinski definition) is 7. The molecule has 0 unspecified atom stereocenters. The Morgan fingerprint density at radius 1 is 1.26 bits per heavy atom. The average Bonchev–Trinajstić information content (AvgIpc) is 2.98. The smallest absolute Gasteiger partial charge is 0.303 e. The van der Waals surface area contributed by atoms with Crippen molar-refractivity contribution < 1.29 is 9.72 Å². The predicted molar refractivity (Wildman–Crippen MR) is 106 cm³/mol. The molecule has 0 atom stereocenters. The van der Waals surface area contributed by atoms with Gasteiger partial charge in [0.1, 0.15) is 5.71 Å². The van der Waals surface area contributed by atoms with Crippen molar-refractivity contribution in [2.45, 2.75) is 0 Å². The van der Waals surface area contributed by atoms with Crippen LogP contribution in [0.5, 0.6) is 0 Å². The van der Waals surface area contributed by atoms with Gasteiger partial charge in [-0.2, -0.15) is 15.2 Å². The van der Waals surface area contributed by atoms with Gasteiger partial charge in [0, 0.05) is 17.7 Å². The molecular weight excluding hydrogens is 392 g/mol. The molecule has 0 radical (unpaired) electrons. The molecule has 0 aromatic heterocycles. The van der Waals surface area contributed by atoms with Crippen LogP contribution >= 0.6 is 23.8 Å². The summed E-state index contributed by atoms with van der Waals surface area (Å²) in [6.45, 7) is 0. The monoisotopic (exact) mass is 402 g/mol. The van der Waals surface area contributed by atoms with Crippen LogP contribution < -0.4 is 11.2 Å². The molecule has 1 aliphatic heterocycles. The van der Waals surface area contributed by atoms with E-state index in [0.717, 1.165) is 5.01 Å². The van der Waals surface area contributed by atoms with E-state index in [4.69, 9.17) is 29.6 Å². The molecule has 0 bridgehead atoms. The van der Waals surface area contributed by atoms with Crippen LogP contribution in [0.3, 0.4) is 0 Å². The number of nitrogens with zero attached hydrogens (tertiary/aromatic N) is 4. The number of hydrogen-bond donors (Lipinski definition) is 2. The van der Waals surface area contributed by atoms with Gasteiger partial charge in [0.2, 0.25) is 0 Å². The van der Waals surface area contributed by atoms with E-state index in [0.29, 0.717) is 16.3 Å². The fourth-order valence-electron chi connectivity index (χ4n) is 2.25. The number of carbonyl (C=O) groups excluding carboxylic acids is 1. The van der Waals surface area contributed by atoms with Crippen molar-refractivity contribution >= 4 is 57.6 Å². The van der Waals surface area contributed by atoms with Crippen molar-refractivity contribution in [3.8, 4) is 0 Å². The molecule has 0 saturated carbocycles. The molecule has 1 aliphatic rings. The van der Waals surface area contributed by atoms with Gasteiger partial charge in [-0.15, -0.1) is 0 Å². The highest BCUT2D eigenvalue weighted by Crippen LogP contribution is 2.22. The average molecular weight is 403 g/mol. The van der Waals surface area contributed by atoms with Gasteiger partial charge in [-0.25, -0.2) is 0 Å². The normalized spacial score (nSPS) is 15.0. The number of non-ortho nitro benzene ring substituents is 1. The standard InChI is InChI=1S/C16H11ClN6O3S/c17-11-3-1-2-4-12(11)19-20-14-13(21-22(15(14)24)16(18)27)9-5-7-10(8-6-9)23(25)26/h1-8,19H,(H2,18,27)/b20-14+. The molecule has 1 amide bonds. The van der Waals surface area contributed by atoms with E-state index in [1.807, 2.05) is 0 Å². The van der Waals surface area contributed by atoms with E-state index in [-0.39, 0.29) is 22.2 Å². The zero-order valence-corrected chi connectivity index (χ0v) is 15.1. The molecule has 1 heterocycles. The Balaban J connectivity index is 1.99. The van der Waals surface area contributed by atoms with Gasteiger partial charge in [-0.05, 0) is 36.5 Å². The van der Waals surface area contributed by atoms with Crippen molar-refractivity contribution in [3.63, 3.8) is 0 Å². The number of nitrogens with two attached hydrogens (primary N) is 1. The van der Waals surface area contributed by atoms with Gasteiger partial charge in [0.25, 0.3) is 5.69 Å². The first-order chi connectivity index (χ1) is 12.9. The Hall–Kier alpha value is -3.37. The first-order valence-electron chi connectivity index (χ1n) is 7.44. The second-order valence-corrected chi connectivity index (χ2v) is 6.09. The maximum absolute atomic E-state index is 12.5. The number of amides is 1. The lowest BCUT2D eigenvalue weighted by Crippen LogP contribution is -2.36. The molecule has 0 spiro atoms. The number of nitro benzene ring substituents is 1. The van der Waals surface area contributed by atoms with Gasteiger partial charge < -0.3 is 5.73 Å². The zero-order chi connectivity index (χ0) is 19.6. The number of para-hydroxylation sites is 1. The summed E-state index contributed by atoms with van der Waals surface area (Å²) in [5, 5.41) is 20.0. The van der Waals surface area contributed by atoms with E-state index in [9.17, 15) is 14.9 Å². The second kappa shape index (κ2) is 7.48. The molecule has 11 heteroatoms. The van der Waals surface area contributed by atoms with Gasteiger partial charge in [-0.1, -0.05) is 23.7 Å². The minimum atomic E-state index is -0.629. The van der Waals surface area contributed by atoms with Crippen molar-refractivity contribution in [3.05, 3.63) is 69.2 Å².